The highest BCUT2D eigenvalue weighted by molar-refractivity contribution is 7.89. The lowest BCUT2D eigenvalue weighted by Gasteiger charge is -2.29. The minimum atomic E-state index is -3.19. The monoisotopic (exact) mass is 263 g/mol. The first-order valence-electron chi connectivity index (χ1n) is 6.00. The van der Waals surface area contributed by atoms with Gasteiger partial charge in [0.25, 0.3) is 0 Å². The van der Waals surface area contributed by atoms with Crippen molar-refractivity contribution >= 4 is 16.0 Å². The second-order valence-electron chi connectivity index (χ2n) is 4.60. The largest absolute Gasteiger partial charge is 0.469 e. The van der Waals surface area contributed by atoms with Gasteiger partial charge in [-0.15, -0.1) is 0 Å². The van der Waals surface area contributed by atoms with Crippen LogP contribution in [0.3, 0.4) is 0 Å². The van der Waals surface area contributed by atoms with Gasteiger partial charge in [0.05, 0.1) is 12.9 Å². The lowest BCUT2D eigenvalue weighted by atomic mass is 10.0. The molecule has 0 radical (unpaired) electrons. The molecular formula is C11H21NO4S. The molecule has 100 valence electrons. The van der Waals surface area contributed by atoms with Crippen molar-refractivity contribution in [3.63, 3.8) is 0 Å². The molecule has 5 nitrogen and oxygen atoms in total. The van der Waals surface area contributed by atoms with E-state index in [1.54, 1.807) is 4.31 Å². The van der Waals surface area contributed by atoms with E-state index in [2.05, 4.69) is 11.7 Å². The Balaban J connectivity index is 2.42. The number of carbonyl (C=O) groups excluding carboxylic acids is 1. The highest BCUT2D eigenvalue weighted by Crippen LogP contribution is 2.19. The molecule has 6 heteroatoms. The third-order valence-electron chi connectivity index (χ3n) is 3.02. The van der Waals surface area contributed by atoms with E-state index in [0.29, 0.717) is 25.4 Å². The van der Waals surface area contributed by atoms with Crippen LogP contribution < -0.4 is 0 Å². The highest BCUT2D eigenvalue weighted by atomic mass is 32.2. The molecule has 1 heterocycles. The molecule has 1 unspecified atom stereocenters. The van der Waals surface area contributed by atoms with Crippen molar-refractivity contribution < 1.29 is 17.9 Å². The predicted octanol–water partition coefficient (Wildman–Crippen LogP) is 1.00. The van der Waals surface area contributed by atoms with Gasteiger partial charge in [0.2, 0.25) is 10.0 Å². The van der Waals surface area contributed by atoms with E-state index in [-0.39, 0.29) is 18.1 Å². The van der Waals surface area contributed by atoms with Gasteiger partial charge in [0, 0.05) is 19.5 Å². The first-order valence-corrected chi connectivity index (χ1v) is 7.61. The van der Waals surface area contributed by atoms with Crippen molar-refractivity contribution in [2.24, 2.45) is 5.92 Å². The molecule has 0 spiro atoms. The SMILES string of the molecule is COC(=O)CCCS(=O)(=O)N1CCCC(C)C1. The zero-order valence-electron chi connectivity index (χ0n) is 10.5. The van der Waals surface area contributed by atoms with Crippen LogP contribution in [0.5, 0.6) is 0 Å². The molecule has 1 rings (SSSR count). The molecule has 1 aliphatic rings. The van der Waals surface area contributed by atoms with Crippen LogP contribution in [0.1, 0.15) is 32.6 Å². The second-order valence-corrected chi connectivity index (χ2v) is 6.69. The fraction of sp³-hybridized carbons (Fsp3) is 0.909. The molecule has 0 aromatic heterocycles. The summed E-state index contributed by atoms with van der Waals surface area (Å²) in [5.74, 6) is 0.112. The minimum absolute atomic E-state index is 0.0365. The average Bonchev–Trinajstić information content (AvgIpc) is 2.28. The summed E-state index contributed by atoms with van der Waals surface area (Å²) in [5, 5.41) is 0. The van der Waals surface area contributed by atoms with E-state index in [1.807, 2.05) is 0 Å². The van der Waals surface area contributed by atoms with Gasteiger partial charge in [0.15, 0.2) is 0 Å². The Labute approximate surface area is 103 Å². The molecule has 0 saturated carbocycles. The lowest BCUT2D eigenvalue weighted by Crippen LogP contribution is -2.40. The quantitative estimate of drug-likeness (QED) is 0.694. The van der Waals surface area contributed by atoms with Crippen LogP contribution in [0.2, 0.25) is 0 Å². The maximum Gasteiger partial charge on any atom is 0.305 e. The van der Waals surface area contributed by atoms with Gasteiger partial charge >= 0.3 is 5.97 Å². The molecule has 0 N–H and O–H groups in total. The summed E-state index contributed by atoms with van der Waals surface area (Å²) in [4.78, 5) is 10.9. The second kappa shape index (κ2) is 6.35. The fourth-order valence-electron chi connectivity index (χ4n) is 2.03. The van der Waals surface area contributed by atoms with Crippen LogP contribution in [-0.2, 0) is 19.6 Å². The van der Waals surface area contributed by atoms with Crippen molar-refractivity contribution in [1.29, 1.82) is 0 Å². The number of piperidine rings is 1. The summed E-state index contributed by atoms with van der Waals surface area (Å²) in [5.41, 5.74) is 0. The van der Waals surface area contributed by atoms with Crippen molar-refractivity contribution in [3.05, 3.63) is 0 Å². The van der Waals surface area contributed by atoms with Crippen LogP contribution >= 0.6 is 0 Å². The predicted molar refractivity (Wildman–Crippen MR) is 65.0 cm³/mol. The van der Waals surface area contributed by atoms with Crippen molar-refractivity contribution in [1.82, 2.24) is 4.31 Å². The number of esters is 1. The van der Waals surface area contributed by atoms with E-state index in [9.17, 15) is 13.2 Å². The summed E-state index contributed by atoms with van der Waals surface area (Å²) in [6.07, 6.45) is 2.52. The maximum absolute atomic E-state index is 12.0. The Morgan fingerprint density at radius 2 is 2.18 bits per heavy atom. The molecule has 0 amide bonds. The summed E-state index contributed by atoms with van der Waals surface area (Å²) in [6, 6.07) is 0. The van der Waals surface area contributed by atoms with Crippen LogP contribution in [0.15, 0.2) is 0 Å². The Bertz CT molecular complexity index is 352. The Hall–Kier alpha value is -0.620. The zero-order chi connectivity index (χ0) is 12.9. The van der Waals surface area contributed by atoms with Crippen LogP contribution in [-0.4, -0.2) is 44.6 Å². The number of nitrogens with zero attached hydrogens (tertiary/aromatic N) is 1. The first-order chi connectivity index (χ1) is 7.95. The van der Waals surface area contributed by atoms with E-state index in [1.165, 1.54) is 7.11 Å². The third-order valence-corrected chi connectivity index (χ3v) is 4.95. The van der Waals surface area contributed by atoms with Gasteiger partial charge in [-0.05, 0) is 25.2 Å². The number of ether oxygens (including phenoxy) is 1. The standard InChI is InChI=1S/C11H21NO4S/c1-10-5-3-7-12(9-10)17(14,15)8-4-6-11(13)16-2/h10H,3-9H2,1-2H3. The molecular weight excluding hydrogens is 242 g/mol. The molecule has 1 atom stereocenters. The Kier molecular flexibility index (Phi) is 5.39. The number of methoxy groups -OCH3 is 1. The van der Waals surface area contributed by atoms with Gasteiger partial charge in [-0.2, -0.15) is 0 Å². The molecule has 1 saturated heterocycles. The average molecular weight is 263 g/mol. The van der Waals surface area contributed by atoms with E-state index in [4.69, 9.17) is 0 Å². The molecule has 17 heavy (non-hydrogen) atoms. The molecule has 0 aromatic carbocycles. The van der Waals surface area contributed by atoms with Gasteiger partial charge in [-0.3, -0.25) is 4.79 Å². The van der Waals surface area contributed by atoms with Gasteiger partial charge in [-0.25, -0.2) is 12.7 Å². The number of carbonyl (C=O) groups is 1. The molecule has 0 aromatic rings. The van der Waals surface area contributed by atoms with Crippen LogP contribution in [0, 0.1) is 5.92 Å². The van der Waals surface area contributed by atoms with Gasteiger partial charge < -0.3 is 4.74 Å². The number of hydrogen-bond donors (Lipinski definition) is 0. The van der Waals surface area contributed by atoms with E-state index < -0.39 is 10.0 Å². The van der Waals surface area contributed by atoms with Crippen molar-refractivity contribution in [2.75, 3.05) is 26.0 Å². The summed E-state index contributed by atoms with van der Waals surface area (Å²) >= 11 is 0. The van der Waals surface area contributed by atoms with Gasteiger partial charge in [-0.1, -0.05) is 6.92 Å². The first kappa shape index (κ1) is 14.4. The van der Waals surface area contributed by atoms with E-state index >= 15 is 0 Å². The third kappa shape index (κ3) is 4.63. The number of rotatable bonds is 5. The smallest absolute Gasteiger partial charge is 0.305 e. The minimum Gasteiger partial charge on any atom is -0.469 e. The normalized spacial score (nSPS) is 22.4. The molecule has 1 aliphatic heterocycles. The summed E-state index contributed by atoms with van der Waals surface area (Å²) in [7, 11) is -1.89. The van der Waals surface area contributed by atoms with Crippen LogP contribution in [0.4, 0.5) is 0 Å². The topological polar surface area (TPSA) is 63.7 Å². The highest BCUT2D eigenvalue weighted by Gasteiger charge is 2.26. The van der Waals surface area contributed by atoms with Crippen molar-refractivity contribution in [3.8, 4) is 0 Å². The Morgan fingerprint density at radius 3 is 2.76 bits per heavy atom. The number of hydrogen-bond acceptors (Lipinski definition) is 4. The molecule has 1 fully saturated rings. The summed E-state index contributed by atoms with van der Waals surface area (Å²) < 4.78 is 30.0. The van der Waals surface area contributed by atoms with Crippen molar-refractivity contribution in [2.45, 2.75) is 32.6 Å². The molecule has 0 bridgehead atoms. The van der Waals surface area contributed by atoms with Crippen LogP contribution in [0.25, 0.3) is 0 Å². The number of sulfonamides is 1. The fourth-order valence-corrected chi connectivity index (χ4v) is 3.69. The van der Waals surface area contributed by atoms with E-state index in [0.717, 1.165) is 12.8 Å². The molecule has 0 aliphatic carbocycles. The van der Waals surface area contributed by atoms with Gasteiger partial charge in [0.1, 0.15) is 0 Å². The lowest BCUT2D eigenvalue weighted by molar-refractivity contribution is -0.140. The maximum atomic E-state index is 12.0. The summed E-state index contributed by atoms with van der Waals surface area (Å²) in [6.45, 7) is 3.29. The Morgan fingerprint density at radius 1 is 1.47 bits per heavy atom. The zero-order valence-corrected chi connectivity index (χ0v) is 11.3.